The second-order valence-corrected chi connectivity index (χ2v) is 3.82. The van der Waals surface area contributed by atoms with E-state index in [-0.39, 0.29) is 6.03 Å². The van der Waals surface area contributed by atoms with Crippen molar-refractivity contribution in [2.24, 2.45) is 0 Å². The number of carbonyl (C=O) groups is 1. The number of hydrogen-bond donors (Lipinski definition) is 1. The molecule has 0 saturated heterocycles. The molecule has 2 amide bonds. The van der Waals surface area contributed by atoms with Crippen LogP contribution in [0.3, 0.4) is 0 Å². The Morgan fingerprint density at radius 3 is 2.53 bits per heavy atom. The second-order valence-electron chi connectivity index (χ2n) is 3.82. The molecule has 0 aliphatic carbocycles. The fraction of sp³-hybridized carbons (Fsp3) is 0.417. The minimum absolute atomic E-state index is 0.0985. The maximum Gasteiger partial charge on any atom is 0.321 e. The Hall–Kier alpha value is -1.51. The number of urea groups is 1. The standard InChI is InChI=1S/C12H18N2O/c1-5-10-6-7-11(8-9(10)2)13-12(15)14(3)4/h6-8H,5H2,1-4H3,(H,13,15). The lowest BCUT2D eigenvalue weighted by Crippen LogP contribution is -2.27. The molecule has 0 aliphatic heterocycles. The Bertz CT molecular complexity index is 359. The minimum Gasteiger partial charge on any atom is -0.331 e. The van der Waals surface area contributed by atoms with Gasteiger partial charge in [-0.2, -0.15) is 0 Å². The first-order valence-corrected chi connectivity index (χ1v) is 5.12. The van der Waals surface area contributed by atoms with Gasteiger partial charge in [-0.25, -0.2) is 4.79 Å². The van der Waals surface area contributed by atoms with Gasteiger partial charge in [-0.15, -0.1) is 0 Å². The molecule has 0 saturated carbocycles. The van der Waals surface area contributed by atoms with Crippen molar-refractivity contribution in [2.75, 3.05) is 19.4 Å². The SMILES string of the molecule is CCc1ccc(NC(=O)N(C)C)cc1C. The third-order valence-corrected chi connectivity index (χ3v) is 2.38. The summed E-state index contributed by atoms with van der Waals surface area (Å²) in [7, 11) is 3.45. The van der Waals surface area contributed by atoms with Crippen LogP contribution in [0.1, 0.15) is 18.1 Å². The van der Waals surface area contributed by atoms with Crippen LogP contribution < -0.4 is 5.32 Å². The molecule has 0 aromatic heterocycles. The maximum absolute atomic E-state index is 11.4. The molecule has 0 unspecified atom stereocenters. The molecule has 3 nitrogen and oxygen atoms in total. The monoisotopic (exact) mass is 206 g/mol. The summed E-state index contributed by atoms with van der Waals surface area (Å²) >= 11 is 0. The number of nitrogens with zero attached hydrogens (tertiary/aromatic N) is 1. The normalized spacial score (nSPS) is 9.87. The van der Waals surface area contributed by atoms with Crippen molar-refractivity contribution >= 4 is 11.7 Å². The summed E-state index contributed by atoms with van der Waals surface area (Å²) in [6.45, 7) is 4.19. The van der Waals surface area contributed by atoms with Crippen molar-refractivity contribution in [3.8, 4) is 0 Å². The van der Waals surface area contributed by atoms with Gasteiger partial charge in [0.25, 0.3) is 0 Å². The Morgan fingerprint density at radius 1 is 1.40 bits per heavy atom. The summed E-state index contributed by atoms with van der Waals surface area (Å²) in [6, 6.07) is 5.90. The smallest absolute Gasteiger partial charge is 0.321 e. The van der Waals surface area contributed by atoms with Crippen LogP contribution in [0.2, 0.25) is 0 Å². The molecule has 15 heavy (non-hydrogen) atoms. The number of nitrogens with one attached hydrogen (secondary N) is 1. The lowest BCUT2D eigenvalue weighted by atomic mass is 10.1. The van der Waals surface area contributed by atoms with Crippen molar-refractivity contribution in [3.63, 3.8) is 0 Å². The molecule has 1 aromatic rings. The quantitative estimate of drug-likeness (QED) is 0.792. The Balaban J connectivity index is 2.80. The summed E-state index contributed by atoms with van der Waals surface area (Å²) in [5.74, 6) is 0. The van der Waals surface area contributed by atoms with Gasteiger partial charge in [0.1, 0.15) is 0 Å². The Labute approximate surface area is 91.1 Å². The summed E-state index contributed by atoms with van der Waals surface area (Å²) < 4.78 is 0. The van der Waals surface area contributed by atoms with Gasteiger partial charge in [-0.05, 0) is 36.6 Å². The lowest BCUT2D eigenvalue weighted by molar-refractivity contribution is 0.230. The highest BCUT2D eigenvalue weighted by Gasteiger charge is 2.04. The van der Waals surface area contributed by atoms with Crippen molar-refractivity contribution in [3.05, 3.63) is 29.3 Å². The first kappa shape index (κ1) is 11.6. The average molecular weight is 206 g/mol. The van der Waals surface area contributed by atoms with E-state index in [0.29, 0.717) is 0 Å². The van der Waals surface area contributed by atoms with Gasteiger partial charge in [0.05, 0.1) is 0 Å². The van der Waals surface area contributed by atoms with Crippen molar-refractivity contribution in [2.45, 2.75) is 20.3 Å². The Kier molecular flexibility index (Phi) is 3.72. The average Bonchev–Trinajstić information content (AvgIpc) is 2.18. The highest BCUT2D eigenvalue weighted by Crippen LogP contribution is 2.15. The molecule has 0 fully saturated rings. The maximum atomic E-state index is 11.4. The van der Waals surface area contributed by atoms with Gasteiger partial charge in [0, 0.05) is 19.8 Å². The van der Waals surface area contributed by atoms with Crippen LogP contribution in [-0.4, -0.2) is 25.0 Å². The molecular weight excluding hydrogens is 188 g/mol. The van der Waals surface area contributed by atoms with Crippen LogP contribution in [0.4, 0.5) is 10.5 Å². The Morgan fingerprint density at radius 2 is 2.07 bits per heavy atom. The van der Waals surface area contributed by atoms with Crippen LogP contribution in [0.25, 0.3) is 0 Å². The zero-order valence-electron chi connectivity index (χ0n) is 9.79. The van der Waals surface area contributed by atoms with E-state index in [2.05, 4.69) is 25.2 Å². The van der Waals surface area contributed by atoms with E-state index in [4.69, 9.17) is 0 Å². The molecule has 0 spiro atoms. The van der Waals surface area contributed by atoms with Crippen LogP contribution in [-0.2, 0) is 6.42 Å². The molecule has 3 heteroatoms. The van der Waals surface area contributed by atoms with Crippen LogP contribution in [0.15, 0.2) is 18.2 Å². The largest absolute Gasteiger partial charge is 0.331 e. The van der Waals surface area contributed by atoms with E-state index in [0.717, 1.165) is 12.1 Å². The second kappa shape index (κ2) is 4.82. The number of aryl methyl sites for hydroxylation is 2. The van der Waals surface area contributed by atoms with Gasteiger partial charge >= 0.3 is 6.03 Å². The van der Waals surface area contributed by atoms with Crippen LogP contribution >= 0.6 is 0 Å². The molecular formula is C12H18N2O. The molecule has 0 bridgehead atoms. The zero-order chi connectivity index (χ0) is 11.4. The summed E-state index contributed by atoms with van der Waals surface area (Å²) in [5, 5.41) is 2.82. The summed E-state index contributed by atoms with van der Waals surface area (Å²) in [5.41, 5.74) is 3.38. The highest BCUT2D eigenvalue weighted by molar-refractivity contribution is 5.89. The fourth-order valence-corrected chi connectivity index (χ4v) is 1.41. The van der Waals surface area contributed by atoms with Gasteiger partial charge in [0.2, 0.25) is 0 Å². The molecule has 1 N–H and O–H groups in total. The van der Waals surface area contributed by atoms with E-state index < -0.39 is 0 Å². The minimum atomic E-state index is -0.0985. The number of hydrogen-bond acceptors (Lipinski definition) is 1. The van der Waals surface area contributed by atoms with Crippen molar-refractivity contribution in [1.82, 2.24) is 4.90 Å². The lowest BCUT2D eigenvalue weighted by Gasteiger charge is -2.13. The van der Waals surface area contributed by atoms with E-state index >= 15 is 0 Å². The van der Waals surface area contributed by atoms with Gasteiger partial charge in [-0.3, -0.25) is 0 Å². The number of benzene rings is 1. The highest BCUT2D eigenvalue weighted by atomic mass is 16.2. The van der Waals surface area contributed by atoms with Crippen LogP contribution in [0.5, 0.6) is 0 Å². The molecule has 82 valence electrons. The third kappa shape index (κ3) is 2.98. The predicted molar refractivity (Wildman–Crippen MR) is 63.3 cm³/mol. The van der Waals surface area contributed by atoms with Crippen molar-refractivity contribution < 1.29 is 4.79 Å². The fourth-order valence-electron chi connectivity index (χ4n) is 1.41. The third-order valence-electron chi connectivity index (χ3n) is 2.38. The molecule has 0 heterocycles. The van der Waals surface area contributed by atoms with Crippen LogP contribution in [0, 0.1) is 6.92 Å². The first-order chi connectivity index (χ1) is 7.04. The summed E-state index contributed by atoms with van der Waals surface area (Å²) in [4.78, 5) is 12.9. The van der Waals surface area contributed by atoms with E-state index in [1.807, 2.05) is 12.1 Å². The summed E-state index contributed by atoms with van der Waals surface area (Å²) in [6.07, 6.45) is 1.02. The van der Waals surface area contributed by atoms with Gasteiger partial charge in [0.15, 0.2) is 0 Å². The molecule has 0 atom stereocenters. The number of carbonyl (C=O) groups excluding carboxylic acids is 1. The number of rotatable bonds is 2. The van der Waals surface area contributed by atoms with Gasteiger partial charge < -0.3 is 10.2 Å². The molecule has 0 radical (unpaired) electrons. The van der Waals surface area contributed by atoms with E-state index in [9.17, 15) is 4.79 Å². The van der Waals surface area contributed by atoms with E-state index in [1.165, 1.54) is 16.0 Å². The predicted octanol–water partition coefficient (Wildman–Crippen LogP) is 2.65. The zero-order valence-corrected chi connectivity index (χ0v) is 9.79. The number of anilines is 1. The first-order valence-electron chi connectivity index (χ1n) is 5.12. The molecule has 1 aromatic carbocycles. The van der Waals surface area contributed by atoms with Crippen molar-refractivity contribution in [1.29, 1.82) is 0 Å². The molecule has 1 rings (SSSR count). The topological polar surface area (TPSA) is 32.3 Å². The molecule has 0 aliphatic rings. The van der Waals surface area contributed by atoms with Gasteiger partial charge in [-0.1, -0.05) is 13.0 Å². The van der Waals surface area contributed by atoms with E-state index in [1.54, 1.807) is 14.1 Å². The number of amides is 2.